The lowest BCUT2D eigenvalue weighted by Gasteiger charge is -2.36. The maximum atomic E-state index is 12.8. The van der Waals surface area contributed by atoms with Crippen LogP contribution < -0.4 is 10.2 Å². The molecule has 3 heterocycles. The van der Waals surface area contributed by atoms with E-state index in [1.807, 2.05) is 28.4 Å². The Labute approximate surface area is 198 Å². The molecule has 0 atom stereocenters. The van der Waals surface area contributed by atoms with Crippen molar-refractivity contribution < 1.29 is 9.53 Å². The quantitative estimate of drug-likeness (QED) is 0.595. The monoisotopic (exact) mass is 465 g/mol. The lowest BCUT2D eigenvalue weighted by atomic mass is 9.97. The van der Waals surface area contributed by atoms with Crippen molar-refractivity contribution in [1.29, 1.82) is 0 Å². The van der Waals surface area contributed by atoms with E-state index in [-0.39, 0.29) is 6.03 Å². The van der Waals surface area contributed by atoms with Crippen LogP contribution in [0.1, 0.15) is 41.6 Å². The fourth-order valence-corrected chi connectivity index (χ4v) is 6.03. The first-order valence-electron chi connectivity index (χ1n) is 11.9. The lowest BCUT2D eigenvalue weighted by Crippen LogP contribution is -2.50. The van der Waals surface area contributed by atoms with Crippen molar-refractivity contribution in [2.24, 2.45) is 0 Å². The van der Waals surface area contributed by atoms with E-state index in [0.29, 0.717) is 19.7 Å². The minimum absolute atomic E-state index is 0.0419. The van der Waals surface area contributed by atoms with Crippen molar-refractivity contribution in [3.05, 3.63) is 46.1 Å². The van der Waals surface area contributed by atoms with Gasteiger partial charge in [-0.05, 0) is 55.4 Å². The van der Waals surface area contributed by atoms with E-state index in [0.717, 1.165) is 54.5 Å². The van der Waals surface area contributed by atoms with Gasteiger partial charge in [-0.25, -0.2) is 14.8 Å². The molecule has 2 amide bonds. The number of carbonyl (C=O) groups excluding carboxylic acids is 1. The zero-order valence-corrected chi connectivity index (χ0v) is 20.2. The van der Waals surface area contributed by atoms with Gasteiger partial charge in [-0.2, -0.15) is 0 Å². The molecule has 1 aromatic carbocycles. The number of hydrogen-bond acceptors (Lipinski definition) is 6. The molecule has 1 fully saturated rings. The predicted molar refractivity (Wildman–Crippen MR) is 133 cm³/mol. The SMILES string of the molecule is CCc1ccc(NC(=O)N2CCN(c3nc(COC)nc4sc5c(c34)CCCC5)CC2)cc1. The third-order valence-corrected chi connectivity index (χ3v) is 7.78. The first-order chi connectivity index (χ1) is 16.2. The number of nitrogens with zero attached hydrogens (tertiary/aromatic N) is 4. The highest BCUT2D eigenvalue weighted by Crippen LogP contribution is 2.40. The molecule has 0 radical (unpaired) electrons. The van der Waals surface area contributed by atoms with Gasteiger partial charge in [-0.15, -0.1) is 11.3 Å². The zero-order valence-electron chi connectivity index (χ0n) is 19.4. The van der Waals surface area contributed by atoms with Crippen LogP contribution in [-0.4, -0.2) is 54.2 Å². The second kappa shape index (κ2) is 9.65. The molecular formula is C25H31N5O2S. The summed E-state index contributed by atoms with van der Waals surface area (Å²) in [6, 6.07) is 8.03. The molecule has 2 aromatic heterocycles. The number of fused-ring (bicyclic) bond motifs is 3. The van der Waals surface area contributed by atoms with Crippen LogP contribution in [0.3, 0.4) is 0 Å². The molecule has 8 heteroatoms. The smallest absolute Gasteiger partial charge is 0.321 e. The van der Waals surface area contributed by atoms with Crippen LogP contribution in [0.5, 0.6) is 0 Å². The first kappa shape index (κ1) is 22.1. The molecule has 33 heavy (non-hydrogen) atoms. The third-order valence-electron chi connectivity index (χ3n) is 6.60. The summed E-state index contributed by atoms with van der Waals surface area (Å²) in [6.07, 6.45) is 5.72. The number of piperazine rings is 1. The summed E-state index contributed by atoms with van der Waals surface area (Å²) < 4.78 is 5.34. The summed E-state index contributed by atoms with van der Waals surface area (Å²) in [5.41, 5.74) is 3.54. The van der Waals surface area contributed by atoms with Gasteiger partial charge in [0.15, 0.2) is 5.82 Å². The van der Waals surface area contributed by atoms with Crippen molar-refractivity contribution in [3.8, 4) is 0 Å². The molecule has 1 saturated heterocycles. The number of aromatic nitrogens is 2. The second-order valence-electron chi connectivity index (χ2n) is 8.74. The highest BCUT2D eigenvalue weighted by molar-refractivity contribution is 7.19. The van der Waals surface area contributed by atoms with E-state index in [4.69, 9.17) is 14.7 Å². The molecule has 1 aliphatic carbocycles. The number of urea groups is 1. The Morgan fingerprint density at radius 1 is 1.09 bits per heavy atom. The topological polar surface area (TPSA) is 70.6 Å². The van der Waals surface area contributed by atoms with Crippen molar-refractivity contribution in [1.82, 2.24) is 14.9 Å². The van der Waals surface area contributed by atoms with Crippen LogP contribution in [0.2, 0.25) is 0 Å². The van der Waals surface area contributed by atoms with Crippen molar-refractivity contribution in [3.63, 3.8) is 0 Å². The van der Waals surface area contributed by atoms with Gasteiger partial charge in [0.2, 0.25) is 0 Å². The lowest BCUT2D eigenvalue weighted by molar-refractivity contribution is 0.178. The Balaban J connectivity index is 1.33. The van der Waals surface area contributed by atoms with E-state index in [2.05, 4.69) is 29.3 Å². The summed E-state index contributed by atoms with van der Waals surface area (Å²) in [7, 11) is 1.68. The van der Waals surface area contributed by atoms with Crippen molar-refractivity contribution in [2.45, 2.75) is 45.6 Å². The number of thiophene rings is 1. The minimum atomic E-state index is -0.0419. The largest absolute Gasteiger partial charge is 0.377 e. The number of anilines is 2. The number of nitrogens with one attached hydrogen (secondary N) is 1. The van der Waals surface area contributed by atoms with Gasteiger partial charge in [0, 0.05) is 43.9 Å². The summed E-state index contributed by atoms with van der Waals surface area (Å²) in [5.74, 6) is 1.75. The average Bonchev–Trinajstić information content (AvgIpc) is 3.23. The Morgan fingerprint density at radius 2 is 1.85 bits per heavy atom. The number of methoxy groups -OCH3 is 1. The van der Waals surface area contributed by atoms with Crippen molar-refractivity contribution in [2.75, 3.05) is 43.5 Å². The molecule has 5 rings (SSSR count). The van der Waals surface area contributed by atoms with Crippen LogP contribution in [0, 0.1) is 0 Å². The number of rotatable bonds is 5. The Morgan fingerprint density at radius 3 is 2.58 bits per heavy atom. The fourth-order valence-electron chi connectivity index (χ4n) is 4.75. The Hall–Kier alpha value is -2.71. The van der Waals surface area contributed by atoms with Gasteiger partial charge >= 0.3 is 6.03 Å². The predicted octanol–water partition coefficient (Wildman–Crippen LogP) is 4.63. The summed E-state index contributed by atoms with van der Waals surface area (Å²) in [4.78, 5) is 29.3. The normalized spacial score (nSPS) is 16.2. The van der Waals surface area contributed by atoms with Crippen LogP contribution >= 0.6 is 11.3 Å². The fraction of sp³-hybridized carbons (Fsp3) is 0.480. The summed E-state index contributed by atoms with van der Waals surface area (Å²) in [6.45, 7) is 5.37. The number of ether oxygens (including phenoxy) is 1. The highest BCUT2D eigenvalue weighted by atomic mass is 32.1. The van der Waals surface area contributed by atoms with E-state index in [1.165, 1.54) is 34.2 Å². The maximum absolute atomic E-state index is 12.8. The average molecular weight is 466 g/mol. The minimum Gasteiger partial charge on any atom is -0.377 e. The van der Waals surface area contributed by atoms with Crippen LogP contribution in [0.15, 0.2) is 24.3 Å². The number of benzene rings is 1. The number of aryl methyl sites for hydroxylation is 3. The van der Waals surface area contributed by atoms with E-state index in [9.17, 15) is 4.79 Å². The molecule has 174 valence electrons. The second-order valence-corrected chi connectivity index (χ2v) is 9.83. The summed E-state index contributed by atoms with van der Waals surface area (Å²) >= 11 is 1.82. The van der Waals surface area contributed by atoms with E-state index >= 15 is 0 Å². The van der Waals surface area contributed by atoms with Gasteiger partial charge in [-0.1, -0.05) is 19.1 Å². The molecule has 0 saturated carbocycles. The third kappa shape index (κ3) is 4.54. The number of hydrogen-bond donors (Lipinski definition) is 1. The van der Waals surface area contributed by atoms with E-state index < -0.39 is 0 Å². The van der Waals surface area contributed by atoms with E-state index in [1.54, 1.807) is 7.11 Å². The molecular weight excluding hydrogens is 434 g/mol. The van der Waals surface area contributed by atoms with Gasteiger partial charge in [0.25, 0.3) is 0 Å². The first-order valence-corrected chi connectivity index (χ1v) is 12.7. The van der Waals surface area contributed by atoms with Crippen molar-refractivity contribution >= 4 is 39.1 Å². The molecule has 2 aliphatic rings. The number of amides is 2. The van der Waals surface area contributed by atoms with Gasteiger partial charge in [0.1, 0.15) is 17.3 Å². The highest BCUT2D eigenvalue weighted by Gasteiger charge is 2.27. The molecule has 0 spiro atoms. The standard InChI is InChI=1S/C25H31N5O2S/c1-3-17-8-10-18(11-9-17)26-25(31)30-14-12-29(13-15-30)23-22-19-6-4-5-7-20(19)33-24(22)28-21(27-23)16-32-2/h8-11H,3-7,12-16H2,1-2H3,(H,26,31). The Kier molecular flexibility index (Phi) is 6.46. The van der Waals surface area contributed by atoms with Gasteiger partial charge < -0.3 is 19.9 Å². The van der Waals surface area contributed by atoms with Gasteiger partial charge in [-0.3, -0.25) is 0 Å². The summed E-state index contributed by atoms with van der Waals surface area (Å²) in [5, 5.41) is 4.26. The molecule has 1 aliphatic heterocycles. The maximum Gasteiger partial charge on any atom is 0.321 e. The van der Waals surface area contributed by atoms with Crippen LogP contribution in [0.4, 0.5) is 16.3 Å². The molecule has 0 unspecified atom stereocenters. The van der Waals surface area contributed by atoms with Gasteiger partial charge in [0.05, 0.1) is 5.39 Å². The van der Waals surface area contributed by atoms with Crippen LogP contribution in [-0.2, 0) is 30.6 Å². The molecule has 0 bridgehead atoms. The number of carbonyl (C=O) groups is 1. The molecule has 7 nitrogen and oxygen atoms in total. The zero-order chi connectivity index (χ0) is 22.8. The van der Waals surface area contributed by atoms with Crippen LogP contribution in [0.25, 0.3) is 10.2 Å². The molecule has 3 aromatic rings. The molecule has 1 N–H and O–H groups in total. The Bertz CT molecular complexity index is 1140.